The maximum absolute atomic E-state index is 12.6. The topological polar surface area (TPSA) is 84.7 Å². The average molecular weight is 398 g/mol. The van der Waals surface area contributed by atoms with Crippen molar-refractivity contribution in [3.8, 4) is 5.82 Å². The lowest BCUT2D eigenvalue weighted by molar-refractivity contribution is 0.102. The number of benzene rings is 2. The van der Waals surface area contributed by atoms with Crippen LogP contribution in [0.4, 0.5) is 17.2 Å². The molecule has 7 heteroatoms. The van der Waals surface area contributed by atoms with Gasteiger partial charge in [-0.05, 0) is 62.7 Å². The molecule has 1 amide bonds. The third-order valence-electron chi connectivity index (χ3n) is 4.62. The fraction of sp³-hybridized carbons (Fsp3) is 0.130. The fourth-order valence-electron chi connectivity index (χ4n) is 3.10. The molecule has 0 unspecified atom stereocenters. The highest BCUT2D eigenvalue weighted by Crippen LogP contribution is 2.20. The van der Waals surface area contributed by atoms with Gasteiger partial charge in [0.1, 0.15) is 11.6 Å². The first-order valence-electron chi connectivity index (χ1n) is 9.59. The summed E-state index contributed by atoms with van der Waals surface area (Å²) in [6.45, 7) is 5.75. The van der Waals surface area contributed by atoms with Gasteiger partial charge in [0.15, 0.2) is 5.82 Å². The number of amides is 1. The van der Waals surface area contributed by atoms with Gasteiger partial charge in [0.05, 0.1) is 0 Å². The molecule has 0 bridgehead atoms. The Kier molecular flexibility index (Phi) is 5.26. The van der Waals surface area contributed by atoms with Crippen LogP contribution in [0, 0.1) is 20.8 Å². The molecule has 7 nitrogen and oxygen atoms in total. The zero-order chi connectivity index (χ0) is 21.1. The SMILES string of the molecule is Cc1ccc(C)c(C(=O)Nc2ccc(Nc3cc(-n4cccn4)nc(C)n3)cc2)c1. The first-order valence-corrected chi connectivity index (χ1v) is 9.59. The van der Waals surface area contributed by atoms with Gasteiger partial charge in [0.2, 0.25) is 0 Å². The van der Waals surface area contributed by atoms with Gasteiger partial charge in [-0.15, -0.1) is 0 Å². The number of nitrogens with one attached hydrogen (secondary N) is 2. The number of aryl methyl sites for hydroxylation is 3. The summed E-state index contributed by atoms with van der Waals surface area (Å²) in [5, 5.41) is 10.4. The van der Waals surface area contributed by atoms with Crippen molar-refractivity contribution in [1.82, 2.24) is 19.7 Å². The molecular formula is C23H22N6O. The minimum absolute atomic E-state index is 0.118. The number of anilines is 3. The molecule has 0 atom stereocenters. The minimum atomic E-state index is -0.118. The van der Waals surface area contributed by atoms with Gasteiger partial charge in [0, 0.05) is 35.4 Å². The van der Waals surface area contributed by atoms with E-state index in [0.717, 1.165) is 22.5 Å². The van der Waals surface area contributed by atoms with Crippen molar-refractivity contribution < 1.29 is 4.79 Å². The number of carbonyl (C=O) groups excluding carboxylic acids is 1. The molecule has 0 aliphatic heterocycles. The van der Waals surface area contributed by atoms with Crippen LogP contribution in [-0.2, 0) is 0 Å². The molecule has 30 heavy (non-hydrogen) atoms. The molecule has 0 aliphatic carbocycles. The highest BCUT2D eigenvalue weighted by Gasteiger charge is 2.10. The van der Waals surface area contributed by atoms with Crippen LogP contribution in [0.1, 0.15) is 27.3 Å². The van der Waals surface area contributed by atoms with Crippen LogP contribution in [0.3, 0.4) is 0 Å². The second kappa shape index (κ2) is 8.16. The molecule has 150 valence electrons. The zero-order valence-electron chi connectivity index (χ0n) is 17.0. The summed E-state index contributed by atoms with van der Waals surface area (Å²) >= 11 is 0. The lowest BCUT2D eigenvalue weighted by Gasteiger charge is -2.11. The van der Waals surface area contributed by atoms with Crippen LogP contribution >= 0.6 is 0 Å². The van der Waals surface area contributed by atoms with Crippen molar-refractivity contribution in [2.24, 2.45) is 0 Å². The van der Waals surface area contributed by atoms with Crippen molar-refractivity contribution in [1.29, 1.82) is 0 Å². The summed E-state index contributed by atoms with van der Waals surface area (Å²) < 4.78 is 1.69. The Morgan fingerprint density at radius 2 is 1.70 bits per heavy atom. The number of hydrogen-bond donors (Lipinski definition) is 2. The molecule has 0 radical (unpaired) electrons. The number of carbonyl (C=O) groups is 1. The maximum Gasteiger partial charge on any atom is 0.255 e. The molecule has 2 aromatic heterocycles. The molecular weight excluding hydrogens is 376 g/mol. The predicted molar refractivity (Wildman–Crippen MR) is 117 cm³/mol. The Labute approximate surface area is 174 Å². The van der Waals surface area contributed by atoms with E-state index < -0.39 is 0 Å². The lowest BCUT2D eigenvalue weighted by Crippen LogP contribution is -2.13. The number of nitrogens with zero attached hydrogens (tertiary/aromatic N) is 4. The van der Waals surface area contributed by atoms with Crippen molar-refractivity contribution in [3.63, 3.8) is 0 Å². The molecule has 4 aromatic rings. The van der Waals surface area contributed by atoms with Crippen molar-refractivity contribution >= 4 is 23.1 Å². The standard InChI is InChI=1S/C23H22N6O/c1-15-5-6-16(2)20(13-15)23(30)28-19-9-7-18(8-10-19)27-21-14-22(26-17(3)25-21)29-12-4-11-24-29/h4-14H,1-3H3,(H,28,30)(H,25,26,27). The molecule has 2 aromatic carbocycles. The van der Waals surface area contributed by atoms with E-state index in [1.165, 1.54) is 0 Å². The maximum atomic E-state index is 12.6. The van der Waals surface area contributed by atoms with E-state index in [-0.39, 0.29) is 5.91 Å². The van der Waals surface area contributed by atoms with Crippen LogP contribution < -0.4 is 10.6 Å². The van der Waals surface area contributed by atoms with Gasteiger partial charge in [-0.25, -0.2) is 14.6 Å². The first-order chi connectivity index (χ1) is 14.5. The summed E-state index contributed by atoms with van der Waals surface area (Å²) in [6.07, 6.45) is 3.54. The van der Waals surface area contributed by atoms with E-state index in [2.05, 4.69) is 25.7 Å². The second-order valence-electron chi connectivity index (χ2n) is 7.08. The van der Waals surface area contributed by atoms with E-state index in [0.29, 0.717) is 23.0 Å². The predicted octanol–water partition coefficient (Wildman–Crippen LogP) is 4.58. The number of hydrogen-bond acceptors (Lipinski definition) is 5. The normalized spacial score (nSPS) is 10.6. The summed E-state index contributed by atoms with van der Waals surface area (Å²) in [5.41, 5.74) is 4.26. The number of aromatic nitrogens is 4. The Morgan fingerprint density at radius 3 is 2.43 bits per heavy atom. The molecule has 0 saturated heterocycles. The summed E-state index contributed by atoms with van der Waals surface area (Å²) in [4.78, 5) is 21.4. The second-order valence-corrected chi connectivity index (χ2v) is 7.08. The van der Waals surface area contributed by atoms with Crippen LogP contribution in [0.5, 0.6) is 0 Å². The number of rotatable bonds is 5. The largest absolute Gasteiger partial charge is 0.340 e. The van der Waals surface area contributed by atoms with Gasteiger partial charge in [0.25, 0.3) is 5.91 Å². The Bertz CT molecular complexity index is 1180. The minimum Gasteiger partial charge on any atom is -0.340 e. The molecule has 0 fully saturated rings. The molecule has 0 aliphatic rings. The average Bonchev–Trinajstić information content (AvgIpc) is 3.26. The zero-order valence-corrected chi connectivity index (χ0v) is 17.0. The molecule has 0 spiro atoms. The lowest BCUT2D eigenvalue weighted by atomic mass is 10.1. The van der Waals surface area contributed by atoms with Crippen LogP contribution in [-0.4, -0.2) is 25.7 Å². The summed E-state index contributed by atoms with van der Waals surface area (Å²) in [5.74, 6) is 1.88. The summed E-state index contributed by atoms with van der Waals surface area (Å²) in [7, 11) is 0. The van der Waals surface area contributed by atoms with Gasteiger partial charge in [-0.3, -0.25) is 4.79 Å². The van der Waals surface area contributed by atoms with E-state index in [9.17, 15) is 4.79 Å². The first kappa shape index (κ1) is 19.3. The van der Waals surface area contributed by atoms with Crippen molar-refractivity contribution in [2.75, 3.05) is 10.6 Å². The van der Waals surface area contributed by atoms with E-state index in [1.54, 1.807) is 10.9 Å². The van der Waals surface area contributed by atoms with E-state index in [4.69, 9.17) is 0 Å². The Morgan fingerprint density at radius 1 is 0.933 bits per heavy atom. The quantitative estimate of drug-likeness (QED) is 0.514. The molecule has 2 heterocycles. The van der Waals surface area contributed by atoms with E-state index >= 15 is 0 Å². The van der Waals surface area contributed by atoms with Crippen LogP contribution in [0.2, 0.25) is 0 Å². The van der Waals surface area contributed by atoms with Crippen molar-refractivity contribution in [2.45, 2.75) is 20.8 Å². The van der Waals surface area contributed by atoms with Gasteiger partial charge >= 0.3 is 0 Å². The van der Waals surface area contributed by atoms with Gasteiger partial charge in [-0.2, -0.15) is 5.10 Å². The highest BCUT2D eigenvalue weighted by atomic mass is 16.1. The molecule has 4 rings (SSSR count). The fourth-order valence-corrected chi connectivity index (χ4v) is 3.10. The third kappa shape index (κ3) is 4.35. The Hall–Kier alpha value is -4.00. The molecule has 0 saturated carbocycles. The van der Waals surface area contributed by atoms with Gasteiger partial charge in [-0.1, -0.05) is 17.7 Å². The monoisotopic (exact) mass is 398 g/mol. The van der Waals surface area contributed by atoms with Crippen LogP contribution in [0.15, 0.2) is 67.0 Å². The van der Waals surface area contributed by atoms with E-state index in [1.807, 2.05) is 81.6 Å². The highest BCUT2D eigenvalue weighted by molar-refractivity contribution is 6.05. The Balaban J connectivity index is 1.48. The van der Waals surface area contributed by atoms with Gasteiger partial charge < -0.3 is 10.6 Å². The smallest absolute Gasteiger partial charge is 0.255 e. The summed E-state index contributed by atoms with van der Waals surface area (Å²) in [6, 6.07) is 17.0. The third-order valence-corrected chi connectivity index (χ3v) is 4.62. The van der Waals surface area contributed by atoms with Crippen molar-refractivity contribution in [3.05, 3.63) is 89.5 Å². The van der Waals surface area contributed by atoms with Crippen LogP contribution in [0.25, 0.3) is 5.82 Å². The molecule has 2 N–H and O–H groups in total.